The lowest BCUT2D eigenvalue weighted by atomic mass is 10.0. The molecule has 0 aromatic carbocycles. The van der Waals surface area contributed by atoms with Crippen LogP contribution in [0.25, 0.3) is 0 Å². The molecule has 0 saturated carbocycles. The van der Waals surface area contributed by atoms with Gasteiger partial charge in [0.05, 0.1) is 0 Å². The van der Waals surface area contributed by atoms with E-state index < -0.39 is 12.1 Å². The molecular formula is C11H22O5. The first-order chi connectivity index (χ1) is 7.36. The highest BCUT2D eigenvalue weighted by Crippen LogP contribution is 2.10. The van der Waals surface area contributed by atoms with Crippen LogP contribution in [-0.2, 0) is 4.79 Å². The lowest BCUT2D eigenvalue weighted by Gasteiger charge is -2.02. The van der Waals surface area contributed by atoms with Crippen molar-refractivity contribution in [1.82, 2.24) is 0 Å². The summed E-state index contributed by atoms with van der Waals surface area (Å²) in [4.78, 5) is 18.7. The maximum atomic E-state index is 10.1. The summed E-state index contributed by atoms with van der Waals surface area (Å²) in [5, 5.41) is 22.3. The third-order valence-corrected chi connectivity index (χ3v) is 1.92. The van der Waals surface area contributed by atoms with E-state index in [9.17, 15) is 4.79 Å². The van der Waals surface area contributed by atoms with Crippen molar-refractivity contribution in [3.05, 3.63) is 0 Å². The second-order valence-electron chi connectivity index (χ2n) is 4.02. The number of unbranched alkanes of at least 4 members (excludes halogenated alkanes) is 3. The van der Waals surface area contributed by atoms with Gasteiger partial charge in [-0.3, -0.25) is 4.79 Å². The largest absolute Gasteiger partial charge is 0.503 e. The lowest BCUT2D eigenvalue weighted by molar-refractivity contribution is -0.137. The van der Waals surface area contributed by atoms with Crippen molar-refractivity contribution in [3.8, 4) is 0 Å². The quantitative estimate of drug-likeness (QED) is 0.587. The van der Waals surface area contributed by atoms with E-state index in [-0.39, 0.29) is 0 Å². The summed E-state index contributed by atoms with van der Waals surface area (Å²) in [5.74, 6) is 0.114. The highest BCUT2D eigenvalue weighted by Gasteiger charge is 1.97. The van der Waals surface area contributed by atoms with Gasteiger partial charge in [-0.1, -0.05) is 39.5 Å². The number of rotatable bonds is 7. The summed E-state index contributed by atoms with van der Waals surface area (Å²) in [6.07, 6.45) is 4.12. The van der Waals surface area contributed by atoms with Crippen LogP contribution in [-0.4, -0.2) is 27.4 Å². The van der Waals surface area contributed by atoms with Crippen LogP contribution < -0.4 is 0 Å². The van der Waals surface area contributed by atoms with Crippen molar-refractivity contribution in [2.75, 3.05) is 0 Å². The molecule has 0 rings (SSSR count). The molecule has 0 atom stereocenters. The van der Waals surface area contributed by atoms with Gasteiger partial charge in [0.2, 0.25) is 0 Å². The first kappa shape index (κ1) is 17.1. The van der Waals surface area contributed by atoms with Crippen molar-refractivity contribution < 1.29 is 24.9 Å². The van der Waals surface area contributed by atoms with E-state index >= 15 is 0 Å². The second kappa shape index (κ2) is 11.8. The van der Waals surface area contributed by atoms with Crippen molar-refractivity contribution >= 4 is 12.1 Å². The first-order valence-electron chi connectivity index (χ1n) is 5.50. The summed E-state index contributed by atoms with van der Waals surface area (Å²) in [6, 6.07) is 0. The summed E-state index contributed by atoms with van der Waals surface area (Å²) < 4.78 is 0. The average molecular weight is 234 g/mol. The van der Waals surface area contributed by atoms with Crippen LogP contribution in [0.1, 0.15) is 52.4 Å². The van der Waals surface area contributed by atoms with Crippen LogP contribution in [0, 0.1) is 5.92 Å². The Kier molecular flexibility index (Phi) is 12.7. The molecule has 0 aliphatic carbocycles. The van der Waals surface area contributed by atoms with Crippen molar-refractivity contribution in [2.45, 2.75) is 52.4 Å². The van der Waals surface area contributed by atoms with Crippen LogP contribution >= 0.6 is 0 Å². The minimum atomic E-state index is -1.83. The van der Waals surface area contributed by atoms with E-state index in [1.54, 1.807) is 0 Å². The number of carboxylic acid groups (broad SMARTS) is 3. The third kappa shape index (κ3) is 29.3. The Morgan fingerprint density at radius 3 is 1.75 bits per heavy atom. The number of hydrogen-bond donors (Lipinski definition) is 3. The molecule has 0 saturated heterocycles. The molecular weight excluding hydrogens is 212 g/mol. The Morgan fingerprint density at radius 1 is 0.938 bits per heavy atom. The smallest absolute Gasteiger partial charge is 0.481 e. The number of aliphatic carboxylic acids is 1. The fourth-order valence-corrected chi connectivity index (χ4v) is 1.18. The van der Waals surface area contributed by atoms with E-state index in [2.05, 4.69) is 13.8 Å². The Balaban J connectivity index is 0. The summed E-state index contributed by atoms with van der Waals surface area (Å²) in [5.41, 5.74) is 0. The van der Waals surface area contributed by atoms with Crippen molar-refractivity contribution in [2.24, 2.45) is 5.92 Å². The minimum absolute atomic E-state index is 0.335. The predicted octanol–water partition coefficient (Wildman–Crippen LogP) is 3.29. The van der Waals surface area contributed by atoms with Crippen LogP contribution in [0.5, 0.6) is 0 Å². The Labute approximate surface area is 96.1 Å². The van der Waals surface area contributed by atoms with Gasteiger partial charge in [-0.25, -0.2) is 4.79 Å². The Bertz CT molecular complexity index is 185. The van der Waals surface area contributed by atoms with Gasteiger partial charge in [0.25, 0.3) is 0 Å². The fourth-order valence-electron chi connectivity index (χ4n) is 1.18. The van der Waals surface area contributed by atoms with E-state index in [1.807, 2.05) is 0 Å². The summed E-state index contributed by atoms with van der Waals surface area (Å²) in [6.45, 7) is 4.44. The number of carboxylic acids is 1. The lowest BCUT2D eigenvalue weighted by Crippen LogP contribution is -1.94. The van der Waals surface area contributed by atoms with Crippen LogP contribution in [0.2, 0.25) is 0 Å². The molecule has 5 heteroatoms. The Hall–Kier alpha value is -1.26. The molecule has 0 aliphatic rings. The van der Waals surface area contributed by atoms with Gasteiger partial charge in [-0.15, -0.1) is 0 Å². The van der Waals surface area contributed by atoms with Crippen molar-refractivity contribution in [3.63, 3.8) is 0 Å². The summed E-state index contributed by atoms with van der Waals surface area (Å²) >= 11 is 0. The molecule has 16 heavy (non-hydrogen) atoms. The maximum Gasteiger partial charge on any atom is 0.503 e. The molecule has 0 bridgehead atoms. The maximum absolute atomic E-state index is 10.1. The van der Waals surface area contributed by atoms with Gasteiger partial charge in [0, 0.05) is 6.42 Å². The molecule has 3 N–H and O–H groups in total. The molecule has 0 aromatic rings. The van der Waals surface area contributed by atoms with Gasteiger partial charge in [0.1, 0.15) is 0 Å². The monoisotopic (exact) mass is 234 g/mol. The number of hydrogen-bond acceptors (Lipinski definition) is 2. The first-order valence-corrected chi connectivity index (χ1v) is 5.50. The Morgan fingerprint density at radius 2 is 1.38 bits per heavy atom. The predicted molar refractivity (Wildman–Crippen MR) is 60.8 cm³/mol. The van der Waals surface area contributed by atoms with Crippen molar-refractivity contribution in [1.29, 1.82) is 0 Å². The molecule has 0 fully saturated rings. The standard InChI is InChI=1S/C10H20O2.CH2O3/c1-9(2)7-5-3-4-6-8-10(11)12;2-1(3)4/h9H,3-8H2,1-2H3,(H,11,12);(H2,2,3,4). The average Bonchev–Trinajstić information content (AvgIpc) is 2.09. The van der Waals surface area contributed by atoms with Crippen LogP contribution in [0.15, 0.2) is 0 Å². The van der Waals surface area contributed by atoms with E-state index in [0.29, 0.717) is 6.42 Å². The van der Waals surface area contributed by atoms with E-state index in [4.69, 9.17) is 20.1 Å². The second-order valence-corrected chi connectivity index (χ2v) is 4.02. The van der Waals surface area contributed by atoms with Gasteiger partial charge >= 0.3 is 12.1 Å². The van der Waals surface area contributed by atoms with Gasteiger partial charge in [-0.05, 0) is 12.3 Å². The molecule has 0 heterocycles. The molecule has 0 radical (unpaired) electrons. The molecule has 0 amide bonds. The molecule has 96 valence electrons. The van der Waals surface area contributed by atoms with Gasteiger partial charge in [0.15, 0.2) is 0 Å². The minimum Gasteiger partial charge on any atom is -0.481 e. The zero-order valence-electron chi connectivity index (χ0n) is 9.98. The van der Waals surface area contributed by atoms with Crippen LogP contribution in [0.3, 0.4) is 0 Å². The molecule has 0 aromatic heterocycles. The molecule has 0 unspecified atom stereocenters. The fraction of sp³-hybridized carbons (Fsp3) is 0.818. The molecule has 0 spiro atoms. The van der Waals surface area contributed by atoms with E-state index in [1.165, 1.54) is 19.3 Å². The third-order valence-electron chi connectivity index (χ3n) is 1.92. The number of carbonyl (C=O) groups is 2. The summed E-state index contributed by atoms with van der Waals surface area (Å²) in [7, 11) is 0. The SMILES string of the molecule is CC(C)CCCCCCC(=O)O.O=C(O)O. The zero-order valence-corrected chi connectivity index (χ0v) is 9.98. The topological polar surface area (TPSA) is 94.8 Å². The highest BCUT2D eigenvalue weighted by atomic mass is 16.6. The normalized spacial score (nSPS) is 9.44. The molecule has 5 nitrogen and oxygen atoms in total. The zero-order chi connectivity index (χ0) is 13.0. The van der Waals surface area contributed by atoms with Gasteiger partial charge < -0.3 is 15.3 Å². The van der Waals surface area contributed by atoms with Gasteiger partial charge in [-0.2, -0.15) is 0 Å². The highest BCUT2D eigenvalue weighted by molar-refractivity contribution is 5.66. The molecule has 0 aliphatic heterocycles. The van der Waals surface area contributed by atoms with Crippen LogP contribution in [0.4, 0.5) is 4.79 Å². The van der Waals surface area contributed by atoms with E-state index in [0.717, 1.165) is 18.8 Å².